The number of benzene rings is 2. The molecule has 178 valence electrons. The van der Waals surface area contributed by atoms with Crippen LogP contribution >= 0.6 is 0 Å². The lowest BCUT2D eigenvalue weighted by molar-refractivity contribution is -0.135. The van der Waals surface area contributed by atoms with Crippen LogP contribution in [-0.4, -0.2) is 18.2 Å². The molecule has 0 spiro atoms. The number of hydrogen-bond donors (Lipinski definition) is 0. The molecule has 3 nitrogen and oxygen atoms in total. The van der Waals surface area contributed by atoms with Gasteiger partial charge in [-0.05, 0) is 54.0 Å². The van der Waals surface area contributed by atoms with Gasteiger partial charge < -0.3 is 4.74 Å². The van der Waals surface area contributed by atoms with Crippen LogP contribution in [0.5, 0.6) is 5.75 Å². The van der Waals surface area contributed by atoms with Crippen molar-refractivity contribution in [3.05, 3.63) is 54.1 Å². The van der Waals surface area contributed by atoms with Crippen LogP contribution in [0.15, 0.2) is 48.5 Å². The van der Waals surface area contributed by atoms with Crippen molar-refractivity contribution in [1.29, 1.82) is 0 Å². The molecular formula is C30H40O3. The number of ketones is 2. The third-order valence-electron chi connectivity index (χ3n) is 6.88. The predicted molar refractivity (Wildman–Crippen MR) is 136 cm³/mol. The summed E-state index contributed by atoms with van der Waals surface area (Å²) >= 11 is 0. The molecule has 33 heavy (non-hydrogen) atoms. The Morgan fingerprint density at radius 2 is 1.48 bits per heavy atom. The van der Waals surface area contributed by atoms with Crippen molar-refractivity contribution in [2.45, 2.75) is 84.5 Å². The maximum absolute atomic E-state index is 12.8. The third kappa shape index (κ3) is 7.84. The largest absolute Gasteiger partial charge is 0.494 e. The Labute approximate surface area is 199 Å². The summed E-state index contributed by atoms with van der Waals surface area (Å²) in [6, 6.07) is 16.3. The highest BCUT2D eigenvalue weighted by atomic mass is 16.5. The summed E-state index contributed by atoms with van der Waals surface area (Å²) < 4.78 is 5.79. The van der Waals surface area contributed by atoms with Crippen LogP contribution in [0.1, 0.15) is 83.6 Å². The zero-order chi connectivity index (χ0) is 23.5. The monoisotopic (exact) mass is 448 g/mol. The number of rotatable bonds is 13. The molecule has 0 aliphatic heterocycles. The second-order valence-electron chi connectivity index (χ2n) is 9.58. The van der Waals surface area contributed by atoms with E-state index in [1.54, 1.807) is 0 Å². The van der Waals surface area contributed by atoms with E-state index in [9.17, 15) is 9.59 Å². The molecule has 0 heterocycles. The van der Waals surface area contributed by atoms with E-state index in [0.717, 1.165) is 54.7 Å². The number of hydrogen-bond acceptors (Lipinski definition) is 3. The number of carbonyl (C=O) groups is 2. The fraction of sp³-hybridized carbons (Fsp3) is 0.533. The Balaban J connectivity index is 1.49. The molecule has 2 aromatic rings. The van der Waals surface area contributed by atoms with Crippen molar-refractivity contribution in [1.82, 2.24) is 0 Å². The minimum absolute atomic E-state index is 0.0873. The highest BCUT2D eigenvalue weighted by molar-refractivity contribution is 6.03. The van der Waals surface area contributed by atoms with Crippen molar-refractivity contribution < 1.29 is 14.3 Å². The van der Waals surface area contributed by atoms with Gasteiger partial charge in [0, 0.05) is 12.8 Å². The average molecular weight is 449 g/mol. The van der Waals surface area contributed by atoms with E-state index in [0.29, 0.717) is 18.8 Å². The third-order valence-corrected chi connectivity index (χ3v) is 6.88. The number of Topliss-reactive ketones (excluding diaryl/α,β-unsaturated/α-hetero) is 2. The van der Waals surface area contributed by atoms with Gasteiger partial charge in [-0.1, -0.05) is 88.8 Å². The Morgan fingerprint density at radius 3 is 2.12 bits per heavy atom. The van der Waals surface area contributed by atoms with Crippen LogP contribution in [0.25, 0.3) is 11.1 Å². The summed E-state index contributed by atoms with van der Waals surface area (Å²) in [4.78, 5) is 25.4. The Hall–Kier alpha value is -2.42. The molecule has 1 aliphatic carbocycles. The summed E-state index contributed by atoms with van der Waals surface area (Å²) in [6.45, 7) is 5.16. The molecule has 2 unspecified atom stereocenters. The highest BCUT2D eigenvalue weighted by Crippen LogP contribution is 2.31. The van der Waals surface area contributed by atoms with Gasteiger partial charge in [-0.3, -0.25) is 9.59 Å². The van der Waals surface area contributed by atoms with Crippen LogP contribution in [0, 0.1) is 11.8 Å². The normalized spacial score (nSPS) is 18.3. The van der Waals surface area contributed by atoms with Crippen molar-refractivity contribution in [2.75, 3.05) is 6.61 Å². The molecule has 1 aliphatic rings. The molecule has 2 atom stereocenters. The van der Waals surface area contributed by atoms with Crippen molar-refractivity contribution in [3.63, 3.8) is 0 Å². The SMILES string of the molecule is CCCCCOc1ccc(-c2ccc(CC(=O)C3CCC(CCCCC)CC3=O)cc2)cc1. The first-order valence-electron chi connectivity index (χ1n) is 13.0. The second kappa shape index (κ2) is 13.3. The van der Waals surface area contributed by atoms with Crippen LogP contribution in [0.4, 0.5) is 0 Å². The molecule has 0 radical (unpaired) electrons. The van der Waals surface area contributed by atoms with Crippen LogP contribution in [0.2, 0.25) is 0 Å². The van der Waals surface area contributed by atoms with Gasteiger partial charge in [-0.25, -0.2) is 0 Å². The van der Waals surface area contributed by atoms with E-state index in [4.69, 9.17) is 4.74 Å². The van der Waals surface area contributed by atoms with Crippen LogP contribution < -0.4 is 4.74 Å². The molecule has 0 amide bonds. The van der Waals surface area contributed by atoms with Crippen LogP contribution in [-0.2, 0) is 16.0 Å². The maximum atomic E-state index is 12.8. The minimum Gasteiger partial charge on any atom is -0.494 e. The molecule has 2 aromatic carbocycles. The summed E-state index contributed by atoms with van der Waals surface area (Å²) in [5.41, 5.74) is 3.23. The van der Waals surface area contributed by atoms with E-state index in [-0.39, 0.29) is 11.6 Å². The average Bonchev–Trinajstić information content (AvgIpc) is 2.83. The molecule has 1 fully saturated rings. The standard InChI is InChI=1S/C30H40O3/c1-3-5-7-9-23-12-19-28(29(31)21-23)30(32)22-24-10-13-25(14-11-24)26-15-17-27(18-16-26)33-20-8-6-4-2/h10-11,13-18,23,28H,3-9,12,19-22H2,1-2H3. The summed E-state index contributed by atoms with van der Waals surface area (Å²) in [6.07, 6.45) is 11.0. The number of carbonyl (C=O) groups excluding carboxylic acids is 2. The fourth-order valence-electron chi connectivity index (χ4n) is 4.79. The summed E-state index contributed by atoms with van der Waals surface area (Å²) in [5, 5.41) is 0. The minimum atomic E-state index is -0.392. The van der Waals surface area contributed by atoms with E-state index >= 15 is 0 Å². The first kappa shape index (κ1) is 25.2. The molecule has 1 saturated carbocycles. The lowest BCUT2D eigenvalue weighted by Gasteiger charge is -2.26. The molecular weight excluding hydrogens is 408 g/mol. The van der Waals surface area contributed by atoms with Gasteiger partial charge >= 0.3 is 0 Å². The smallest absolute Gasteiger partial charge is 0.147 e. The Bertz CT molecular complexity index is 866. The lowest BCUT2D eigenvalue weighted by atomic mass is 9.76. The predicted octanol–water partition coefficient (Wildman–Crippen LogP) is 7.60. The van der Waals surface area contributed by atoms with E-state index < -0.39 is 5.92 Å². The molecule has 0 aromatic heterocycles. The first-order valence-corrected chi connectivity index (χ1v) is 13.0. The van der Waals surface area contributed by atoms with E-state index in [1.165, 1.54) is 32.1 Å². The fourth-order valence-corrected chi connectivity index (χ4v) is 4.79. The molecule has 3 heteroatoms. The summed E-state index contributed by atoms with van der Waals surface area (Å²) in [5.74, 6) is 1.25. The van der Waals surface area contributed by atoms with E-state index in [2.05, 4.69) is 38.1 Å². The Morgan fingerprint density at radius 1 is 0.848 bits per heavy atom. The molecule has 3 rings (SSSR count). The van der Waals surface area contributed by atoms with Gasteiger partial charge in [-0.2, -0.15) is 0 Å². The number of ether oxygens (including phenoxy) is 1. The van der Waals surface area contributed by atoms with Crippen LogP contribution in [0.3, 0.4) is 0 Å². The first-order chi connectivity index (χ1) is 16.1. The van der Waals surface area contributed by atoms with Crippen molar-refractivity contribution >= 4 is 11.6 Å². The Kier molecular flexibility index (Phi) is 10.2. The van der Waals surface area contributed by atoms with Crippen molar-refractivity contribution in [3.8, 4) is 16.9 Å². The van der Waals surface area contributed by atoms with Gasteiger partial charge in [-0.15, -0.1) is 0 Å². The quantitative estimate of drug-likeness (QED) is 0.234. The van der Waals surface area contributed by atoms with Gasteiger partial charge in [0.25, 0.3) is 0 Å². The van der Waals surface area contributed by atoms with Gasteiger partial charge in [0.1, 0.15) is 17.3 Å². The topological polar surface area (TPSA) is 43.4 Å². The van der Waals surface area contributed by atoms with Gasteiger partial charge in [0.15, 0.2) is 0 Å². The molecule has 0 bridgehead atoms. The zero-order valence-electron chi connectivity index (χ0n) is 20.5. The van der Waals surface area contributed by atoms with Crippen molar-refractivity contribution in [2.24, 2.45) is 11.8 Å². The van der Waals surface area contributed by atoms with Gasteiger partial charge in [0.05, 0.1) is 12.5 Å². The highest BCUT2D eigenvalue weighted by Gasteiger charge is 2.32. The summed E-state index contributed by atoms with van der Waals surface area (Å²) in [7, 11) is 0. The van der Waals surface area contributed by atoms with E-state index in [1.807, 2.05) is 24.3 Å². The number of unbranched alkanes of at least 4 members (excludes halogenated alkanes) is 4. The second-order valence-corrected chi connectivity index (χ2v) is 9.58. The molecule has 0 saturated heterocycles. The lowest BCUT2D eigenvalue weighted by Crippen LogP contribution is -2.32. The zero-order valence-corrected chi connectivity index (χ0v) is 20.5. The van der Waals surface area contributed by atoms with Gasteiger partial charge in [0.2, 0.25) is 0 Å². The molecule has 0 N–H and O–H groups in total. The maximum Gasteiger partial charge on any atom is 0.147 e.